The molecule has 1 saturated heterocycles. The van der Waals surface area contributed by atoms with Gasteiger partial charge in [-0.2, -0.15) is 10.4 Å². The lowest BCUT2D eigenvalue weighted by Crippen LogP contribution is -2.45. The second-order valence-electron chi connectivity index (χ2n) is 6.18. The Balaban J connectivity index is 2.20. The number of fused-ring (bicyclic) bond motifs is 1. The Bertz CT molecular complexity index is 953. The predicted octanol–water partition coefficient (Wildman–Crippen LogP) is -0.650. The second kappa shape index (κ2) is 6.53. The Morgan fingerprint density at radius 3 is 3.00 bits per heavy atom. The number of aliphatic hydroxyl groups excluding tert-OH is 1. The Morgan fingerprint density at radius 2 is 2.38 bits per heavy atom. The van der Waals surface area contributed by atoms with Crippen molar-refractivity contribution in [3.05, 3.63) is 24.2 Å². The Hall–Kier alpha value is -2.74. The van der Waals surface area contributed by atoms with Crippen LogP contribution >= 0.6 is 0 Å². The molecule has 0 amide bonds. The van der Waals surface area contributed by atoms with Gasteiger partial charge in [0.1, 0.15) is 30.1 Å². The molecular formula is C16H19N5O5. The van der Waals surface area contributed by atoms with E-state index in [9.17, 15) is 20.3 Å². The number of nitriles is 1. The summed E-state index contributed by atoms with van der Waals surface area (Å²) in [6.07, 6.45) is -4.18. The summed E-state index contributed by atoms with van der Waals surface area (Å²) in [5, 5.41) is 34.4. The molecule has 0 saturated carbocycles. The molecule has 4 atom stereocenters. The zero-order valence-electron chi connectivity index (χ0n) is 16.0. The van der Waals surface area contributed by atoms with Crippen LogP contribution in [0.25, 0.3) is 5.52 Å². The highest BCUT2D eigenvalue weighted by Crippen LogP contribution is 2.42. The fourth-order valence-electron chi connectivity index (χ4n) is 2.84. The molecule has 0 bridgehead atoms. The Morgan fingerprint density at radius 1 is 1.65 bits per heavy atom. The average Bonchev–Trinajstić information content (AvgIpc) is 3.16. The zero-order chi connectivity index (χ0) is 20.9. The van der Waals surface area contributed by atoms with E-state index < -0.39 is 42.4 Å². The van der Waals surface area contributed by atoms with Crippen molar-refractivity contribution in [1.82, 2.24) is 14.6 Å². The maximum atomic E-state index is 12.2. The van der Waals surface area contributed by atoms with E-state index in [1.807, 2.05) is 6.07 Å². The molecule has 1 fully saturated rings. The van der Waals surface area contributed by atoms with Crippen molar-refractivity contribution in [2.75, 3.05) is 12.3 Å². The first-order valence-electron chi connectivity index (χ1n) is 8.81. The van der Waals surface area contributed by atoms with Crippen LogP contribution in [-0.2, 0) is 19.9 Å². The van der Waals surface area contributed by atoms with Crippen LogP contribution in [0.2, 0.25) is 0 Å². The molecule has 138 valence electrons. The van der Waals surface area contributed by atoms with E-state index >= 15 is 0 Å². The summed E-state index contributed by atoms with van der Waals surface area (Å²) in [5.74, 6) is -1.21. The van der Waals surface area contributed by atoms with E-state index in [1.54, 1.807) is 13.8 Å². The number of esters is 1. The van der Waals surface area contributed by atoms with Crippen LogP contribution in [0.4, 0.5) is 5.82 Å². The smallest absolute Gasteiger partial charge is 0.308 e. The summed E-state index contributed by atoms with van der Waals surface area (Å²) >= 11 is 0. The standard InChI is InChI=1S/C16H19N5O5/c1-8(2)15(24)25-13-12(23)10(5-22)26-16(13,6-17)11-4-3-9-14(18)19-7-20-21(9)11/h3-4,7-8,10,12-13,22-23H,5H2,1-2H3,(H2,18,19,20)/t10-,12-,13-,16+/m1/s1/i5D2. The van der Waals surface area contributed by atoms with Gasteiger partial charge >= 0.3 is 5.97 Å². The molecule has 2 aromatic heterocycles. The van der Waals surface area contributed by atoms with Crippen molar-refractivity contribution in [3.63, 3.8) is 0 Å². The number of nitrogens with zero attached hydrogens (tertiary/aromatic N) is 4. The molecule has 0 aliphatic carbocycles. The number of nitrogens with two attached hydrogens (primary N) is 1. The van der Waals surface area contributed by atoms with Gasteiger partial charge in [0.15, 0.2) is 11.9 Å². The van der Waals surface area contributed by atoms with Gasteiger partial charge in [-0.3, -0.25) is 4.79 Å². The SMILES string of the molecule is [2H]C([2H])(O)[C@H]1O[C@@](C#N)(c2ccc3c(N)ncnn23)[C@H](OC(=O)C(C)C)[C@@H]1O. The minimum Gasteiger partial charge on any atom is -0.455 e. The average molecular weight is 363 g/mol. The molecule has 3 heterocycles. The van der Waals surface area contributed by atoms with E-state index in [2.05, 4.69) is 10.1 Å². The van der Waals surface area contributed by atoms with Gasteiger partial charge in [-0.1, -0.05) is 13.8 Å². The summed E-state index contributed by atoms with van der Waals surface area (Å²) in [4.78, 5) is 16.0. The van der Waals surface area contributed by atoms with E-state index in [0.717, 1.165) is 6.33 Å². The summed E-state index contributed by atoms with van der Waals surface area (Å²) in [5.41, 5.74) is 4.01. The maximum absolute atomic E-state index is 12.2. The van der Waals surface area contributed by atoms with Gasteiger partial charge in [0, 0.05) is 0 Å². The second-order valence-corrected chi connectivity index (χ2v) is 6.18. The molecule has 0 aromatic carbocycles. The van der Waals surface area contributed by atoms with Crippen molar-refractivity contribution < 1.29 is 27.2 Å². The minimum absolute atomic E-state index is 0.0338. The number of rotatable bonds is 4. The van der Waals surface area contributed by atoms with Crippen molar-refractivity contribution in [1.29, 1.82) is 5.26 Å². The van der Waals surface area contributed by atoms with E-state index in [1.165, 1.54) is 16.6 Å². The highest BCUT2D eigenvalue weighted by Gasteiger charge is 2.60. The highest BCUT2D eigenvalue weighted by molar-refractivity contribution is 5.72. The van der Waals surface area contributed by atoms with Crippen LogP contribution in [0, 0.1) is 17.2 Å². The van der Waals surface area contributed by atoms with Crippen molar-refractivity contribution >= 4 is 17.3 Å². The van der Waals surface area contributed by atoms with Gasteiger partial charge < -0.3 is 25.4 Å². The van der Waals surface area contributed by atoms with Gasteiger partial charge in [0.2, 0.25) is 5.60 Å². The fourth-order valence-corrected chi connectivity index (χ4v) is 2.84. The highest BCUT2D eigenvalue weighted by atomic mass is 16.6. The summed E-state index contributed by atoms with van der Waals surface area (Å²) < 4.78 is 27.1. The molecule has 4 N–H and O–H groups in total. The van der Waals surface area contributed by atoms with Crippen LogP contribution in [-0.4, -0.2) is 55.7 Å². The number of aromatic nitrogens is 3. The van der Waals surface area contributed by atoms with Crippen LogP contribution in [0.5, 0.6) is 0 Å². The van der Waals surface area contributed by atoms with Gasteiger partial charge in [-0.25, -0.2) is 9.50 Å². The molecule has 3 rings (SSSR count). The Kier molecular flexibility index (Phi) is 3.89. The third kappa shape index (κ3) is 2.57. The number of nitrogen functional groups attached to an aromatic ring is 1. The lowest BCUT2D eigenvalue weighted by Gasteiger charge is -2.28. The third-order valence-electron chi connectivity index (χ3n) is 4.20. The van der Waals surface area contributed by atoms with Gasteiger partial charge in [-0.15, -0.1) is 0 Å². The summed E-state index contributed by atoms with van der Waals surface area (Å²) in [7, 11) is 0. The van der Waals surface area contributed by atoms with Gasteiger partial charge in [-0.05, 0) is 12.1 Å². The third-order valence-corrected chi connectivity index (χ3v) is 4.20. The number of aliphatic hydroxyl groups is 2. The lowest BCUT2D eigenvalue weighted by molar-refractivity contribution is -0.163. The minimum atomic E-state index is -3.01. The molecule has 0 unspecified atom stereocenters. The molecular weight excluding hydrogens is 342 g/mol. The molecule has 26 heavy (non-hydrogen) atoms. The van der Waals surface area contributed by atoms with Crippen molar-refractivity contribution in [3.8, 4) is 6.07 Å². The molecule has 0 radical (unpaired) electrons. The first-order valence-corrected chi connectivity index (χ1v) is 7.81. The zero-order valence-corrected chi connectivity index (χ0v) is 14.0. The van der Waals surface area contributed by atoms with Gasteiger partial charge in [0.25, 0.3) is 0 Å². The fraction of sp³-hybridized carbons (Fsp3) is 0.500. The predicted molar refractivity (Wildman–Crippen MR) is 87.4 cm³/mol. The number of hydrogen-bond acceptors (Lipinski definition) is 9. The number of carbonyl (C=O) groups excluding carboxylic acids is 1. The number of carbonyl (C=O) groups is 1. The first kappa shape index (κ1) is 15.5. The largest absolute Gasteiger partial charge is 0.455 e. The van der Waals surface area contributed by atoms with Crippen LogP contribution in [0.3, 0.4) is 0 Å². The topological polar surface area (TPSA) is 156 Å². The monoisotopic (exact) mass is 363 g/mol. The van der Waals surface area contributed by atoms with Crippen LogP contribution < -0.4 is 5.73 Å². The molecule has 10 heteroatoms. The van der Waals surface area contributed by atoms with E-state index in [4.69, 9.17) is 17.9 Å². The molecule has 10 nitrogen and oxygen atoms in total. The first-order chi connectivity index (χ1) is 13.0. The Labute approximate surface area is 151 Å². The molecule has 1 aliphatic rings. The number of hydrogen-bond donors (Lipinski definition) is 3. The normalized spacial score (nSPS) is 30.1. The molecule has 2 aromatic rings. The van der Waals surface area contributed by atoms with Crippen molar-refractivity contribution in [2.24, 2.45) is 5.92 Å². The number of anilines is 1. The molecule has 1 aliphatic heterocycles. The van der Waals surface area contributed by atoms with E-state index in [0.29, 0.717) is 5.52 Å². The van der Waals surface area contributed by atoms with Crippen LogP contribution in [0.15, 0.2) is 18.5 Å². The van der Waals surface area contributed by atoms with Crippen molar-refractivity contribution in [2.45, 2.75) is 37.8 Å². The maximum Gasteiger partial charge on any atom is 0.308 e. The molecule has 0 spiro atoms. The summed E-state index contributed by atoms with van der Waals surface area (Å²) in [6, 6.07) is 4.78. The number of ether oxygens (including phenoxy) is 2. The van der Waals surface area contributed by atoms with Crippen LogP contribution in [0.1, 0.15) is 22.3 Å². The van der Waals surface area contributed by atoms with Gasteiger partial charge in [0.05, 0.1) is 20.9 Å². The quantitative estimate of drug-likeness (QED) is 0.601. The summed E-state index contributed by atoms with van der Waals surface area (Å²) in [6.45, 7) is 0.103. The lowest BCUT2D eigenvalue weighted by atomic mass is 9.92. The van der Waals surface area contributed by atoms with E-state index in [-0.39, 0.29) is 11.5 Å².